The molecular weight excluding hydrogens is 453 g/mol. The molecular formula is C19H13F3N4O3S2. The van der Waals surface area contributed by atoms with E-state index < -0.39 is 34.0 Å². The Morgan fingerprint density at radius 1 is 1.03 bits per heavy atom. The highest BCUT2D eigenvalue weighted by molar-refractivity contribution is 7.92. The summed E-state index contributed by atoms with van der Waals surface area (Å²) in [6, 6.07) is 10.2. The molecule has 0 radical (unpaired) electrons. The zero-order chi connectivity index (χ0) is 22.1. The third-order valence-electron chi connectivity index (χ3n) is 4.09. The third kappa shape index (κ3) is 4.59. The summed E-state index contributed by atoms with van der Waals surface area (Å²) in [4.78, 5) is 11.9. The normalized spacial score (nSPS) is 13.1. The minimum atomic E-state index is -4.82. The molecule has 3 aromatic heterocycles. The Morgan fingerprint density at radius 2 is 1.77 bits per heavy atom. The Balaban J connectivity index is 1.81. The lowest BCUT2D eigenvalue weighted by Gasteiger charge is -2.22. The molecule has 12 heteroatoms. The van der Waals surface area contributed by atoms with Crippen LogP contribution in [0.5, 0.6) is 5.88 Å². The van der Waals surface area contributed by atoms with Crippen LogP contribution in [-0.4, -0.2) is 29.5 Å². The molecule has 0 aliphatic rings. The first-order chi connectivity index (χ1) is 14.7. The van der Waals surface area contributed by atoms with Crippen LogP contribution in [0.1, 0.15) is 11.7 Å². The Morgan fingerprint density at radius 3 is 2.39 bits per heavy atom. The van der Waals surface area contributed by atoms with Gasteiger partial charge in [0.1, 0.15) is 0 Å². The maximum Gasteiger partial charge on any atom is 0.429 e. The number of para-hydroxylation sites is 2. The lowest BCUT2D eigenvalue weighted by Crippen LogP contribution is -2.27. The highest BCUT2D eigenvalue weighted by Gasteiger charge is 2.44. The molecule has 160 valence electrons. The van der Waals surface area contributed by atoms with Gasteiger partial charge in [-0.25, -0.2) is 18.4 Å². The number of aromatic nitrogens is 3. The number of hydrogen-bond acceptors (Lipinski definition) is 7. The molecule has 1 atom stereocenters. The van der Waals surface area contributed by atoms with Gasteiger partial charge in [0.15, 0.2) is 0 Å². The van der Waals surface area contributed by atoms with Crippen molar-refractivity contribution in [3.05, 3.63) is 71.2 Å². The van der Waals surface area contributed by atoms with Gasteiger partial charge in [0.25, 0.3) is 15.9 Å². The van der Waals surface area contributed by atoms with Crippen LogP contribution in [0.2, 0.25) is 0 Å². The second-order valence-corrected chi connectivity index (χ2v) is 8.72. The predicted octanol–water partition coefficient (Wildman–Crippen LogP) is 4.57. The van der Waals surface area contributed by atoms with E-state index in [1.54, 1.807) is 23.6 Å². The van der Waals surface area contributed by atoms with E-state index in [1.807, 2.05) is 0 Å². The molecule has 0 aliphatic carbocycles. The molecule has 0 amide bonds. The molecule has 0 aliphatic heterocycles. The molecule has 0 spiro atoms. The van der Waals surface area contributed by atoms with Crippen molar-refractivity contribution in [3.8, 4) is 5.88 Å². The quantitative estimate of drug-likeness (QED) is 0.447. The number of ether oxygens (including phenoxy) is 1. The maximum atomic E-state index is 13.8. The monoisotopic (exact) mass is 466 g/mol. The van der Waals surface area contributed by atoms with E-state index in [4.69, 9.17) is 4.74 Å². The Labute approximate surface area is 178 Å². The highest BCUT2D eigenvalue weighted by Crippen LogP contribution is 2.38. The topological polar surface area (TPSA) is 94.1 Å². The Bertz CT molecular complexity index is 1300. The van der Waals surface area contributed by atoms with Gasteiger partial charge in [-0.15, -0.1) is 0 Å². The van der Waals surface area contributed by atoms with Gasteiger partial charge in [-0.05, 0) is 29.6 Å². The van der Waals surface area contributed by atoms with Gasteiger partial charge in [0.2, 0.25) is 11.9 Å². The van der Waals surface area contributed by atoms with E-state index in [-0.39, 0.29) is 21.5 Å². The summed E-state index contributed by atoms with van der Waals surface area (Å²) in [5.41, 5.74) is 0.252. The van der Waals surface area contributed by atoms with Gasteiger partial charge in [-0.2, -0.15) is 24.5 Å². The van der Waals surface area contributed by atoms with Crippen molar-refractivity contribution < 1.29 is 26.3 Å². The number of pyridine rings is 1. The number of anilines is 1. The molecule has 4 rings (SSSR count). The molecule has 0 fully saturated rings. The fourth-order valence-corrected chi connectivity index (χ4v) is 4.72. The summed E-state index contributed by atoms with van der Waals surface area (Å²) in [6.07, 6.45) is -4.91. The van der Waals surface area contributed by atoms with Gasteiger partial charge >= 0.3 is 6.18 Å². The fourth-order valence-electron chi connectivity index (χ4n) is 2.69. The number of nitrogens with one attached hydrogen (secondary N) is 1. The van der Waals surface area contributed by atoms with E-state index in [0.717, 1.165) is 17.5 Å². The number of rotatable bonds is 6. The van der Waals surface area contributed by atoms with Crippen LogP contribution in [0, 0.1) is 0 Å². The minimum absolute atomic E-state index is 0.0574. The van der Waals surface area contributed by atoms with Crippen LogP contribution in [0.3, 0.4) is 0 Å². The molecule has 7 nitrogen and oxygen atoms in total. The average Bonchev–Trinajstić information content (AvgIpc) is 3.28. The number of halogens is 3. The van der Waals surface area contributed by atoms with Gasteiger partial charge in [0, 0.05) is 23.3 Å². The second-order valence-electron chi connectivity index (χ2n) is 6.26. The molecule has 31 heavy (non-hydrogen) atoms. The van der Waals surface area contributed by atoms with E-state index in [9.17, 15) is 21.6 Å². The van der Waals surface area contributed by atoms with Crippen molar-refractivity contribution in [3.63, 3.8) is 0 Å². The second kappa shape index (κ2) is 8.12. The zero-order valence-corrected chi connectivity index (χ0v) is 17.1. The predicted molar refractivity (Wildman–Crippen MR) is 108 cm³/mol. The Hall–Kier alpha value is -3.25. The number of fused-ring (bicyclic) bond motifs is 1. The van der Waals surface area contributed by atoms with Crippen LogP contribution in [0.25, 0.3) is 11.0 Å². The number of hydrogen-bond donors (Lipinski definition) is 1. The molecule has 0 saturated heterocycles. The molecule has 4 aromatic rings. The number of thiophene rings is 1. The first-order valence-electron chi connectivity index (χ1n) is 8.69. The third-order valence-corrected chi connectivity index (χ3v) is 6.26. The van der Waals surface area contributed by atoms with Crippen molar-refractivity contribution in [1.29, 1.82) is 0 Å². The number of benzene rings is 1. The van der Waals surface area contributed by atoms with Gasteiger partial charge < -0.3 is 4.74 Å². The summed E-state index contributed by atoms with van der Waals surface area (Å²) in [5, 5.41) is 2.94. The van der Waals surface area contributed by atoms with Crippen LogP contribution >= 0.6 is 11.3 Å². The van der Waals surface area contributed by atoms with Gasteiger partial charge in [-0.3, -0.25) is 9.71 Å². The lowest BCUT2D eigenvalue weighted by molar-refractivity contribution is -0.198. The summed E-state index contributed by atoms with van der Waals surface area (Å²) in [7, 11) is -4.11. The van der Waals surface area contributed by atoms with Gasteiger partial charge in [0.05, 0.1) is 15.9 Å². The smallest absolute Gasteiger partial charge is 0.429 e. The number of alkyl halides is 3. The van der Waals surface area contributed by atoms with Crippen LogP contribution in [0.15, 0.2) is 70.5 Å². The van der Waals surface area contributed by atoms with Crippen LogP contribution < -0.4 is 9.46 Å². The molecule has 3 heterocycles. The first-order valence-corrected chi connectivity index (χ1v) is 11.1. The van der Waals surface area contributed by atoms with Crippen molar-refractivity contribution in [2.24, 2.45) is 0 Å². The van der Waals surface area contributed by atoms with Crippen LogP contribution in [0.4, 0.5) is 19.0 Å². The zero-order valence-electron chi connectivity index (χ0n) is 15.4. The standard InChI is InChI=1S/C19H13F3N4O3S2/c20-19(21,22)16(12-4-3-8-23-10-12)29-18-17(24-14-5-1-2-6-15(14)25-18)26-31(27,28)13-7-9-30-11-13/h1-11,16H,(H,24,26). The maximum absolute atomic E-state index is 13.8. The highest BCUT2D eigenvalue weighted by atomic mass is 32.2. The summed E-state index contributed by atoms with van der Waals surface area (Å²) < 4.78 is 74.0. The lowest BCUT2D eigenvalue weighted by atomic mass is 10.1. The molecule has 1 N–H and O–H groups in total. The molecule has 1 aromatic carbocycles. The Kier molecular flexibility index (Phi) is 5.50. The number of nitrogens with zero attached hydrogens (tertiary/aromatic N) is 3. The van der Waals surface area contributed by atoms with E-state index >= 15 is 0 Å². The van der Waals surface area contributed by atoms with E-state index in [1.165, 1.54) is 35.8 Å². The minimum Gasteiger partial charge on any atom is -0.457 e. The molecule has 0 saturated carbocycles. The first kappa shape index (κ1) is 21.0. The summed E-state index contributed by atoms with van der Waals surface area (Å²) in [5.74, 6) is -1.06. The van der Waals surface area contributed by atoms with Crippen molar-refractivity contribution in [2.45, 2.75) is 17.2 Å². The molecule has 1 unspecified atom stereocenters. The summed E-state index contributed by atoms with van der Waals surface area (Å²) in [6.45, 7) is 0. The fraction of sp³-hybridized carbons (Fsp3) is 0.105. The number of sulfonamides is 1. The largest absolute Gasteiger partial charge is 0.457 e. The van der Waals surface area contributed by atoms with E-state index in [0.29, 0.717) is 0 Å². The van der Waals surface area contributed by atoms with Crippen molar-refractivity contribution in [2.75, 3.05) is 4.72 Å². The van der Waals surface area contributed by atoms with Crippen LogP contribution in [-0.2, 0) is 10.0 Å². The molecule has 0 bridgehead atoms. The van der Waals surface area contributed by atoms with Crippen molar-refractivity contribution >= 4 is 38.2 Å². The average molecular weight is 466 g/mol. The van der Waals surface area contributed by atoms with Crippen molar-refractivity contribution in [1.82, 2.24) is 15.0 Å². The van der Waals surface area contributed by atoms with Gasteiger partial charge in [-0.1, -0.05) is 18.2 Å². The summed E-state index contributed by atoms with van der Waals surface area (Å²) >= 11 is 1.15. The van der Waals surface area contributed by atoms with E-state index in [2.05, 4.69) is 19.7 Å². The SMILES string of the molecule is O=S(=O)(Nc1nc2ccccc2nc1OC(c1cccnc1)C(F)(F)F)c1ccsc1.